The first-order chi connectivity index (χ1) is 4.74. The number of Topliss-reactive ketones (excluding diaryl/α,β-unsaturated/α-hetero) is 1. The van der Waals surface area contributed by atoms with E-state index in [0.29, 0.717) is 0 Å². The van der Waals surface area contributed by atoms with E-state index in [0.717, 1.165) is 6.20 Å². The van der Waals surface area contributed by atoms with Crippen LogP contribution in [0.4, 0.5) is 4.39 Å². The smallest absolute Gasteiger partial charge is 0.201 e. The van der Waals surface area contributed by atoms with Crippen LogP contribution >= 0.6 is 0 Å². The van der Waals surface area contributed by atoms with E-state index >= 15 is 0 Å². The van der Waals surface area contributed by atoms with Crippen LogP contribution < -0.4 is 0 Å². The summed E-state index contributed by atoms with van der Waals surface area (Å²) in [6.45, 7) is 0. The van der Waals surface area contributed by atoms with Gasteiger partial charge in [-0.2, -0.15) is 0 Å². The van der Waals surface area contributed by atoms with Gasteiger partial charge in [0, 0.05) is 0 Å². The maximum atomic E-state index is 12.2. The lowest BCUT2D eigenvalue weighted by Gasteiger charge is -2.04. The van der Waals surface area contributed by atoms with E-state index in [1.807, 2.05) is 0 Å². The van der Waals surface area contributed by atoms with Crippen LogP contribution in [0.2, 0.25) is 0 Å². The van der Waals surface area contributed by atoms with Gasteiger partial charge in [-0.1, -0.05) is 0 Å². The number of ketones is 1. The van der Waals surface area contributed by atoms with Crippen molar-refractivity contribution in [2.24, 2.45) is 4.99 Å². The topological polar surface area (TPSA) is 38.7 Å². The van der Waals surface area contributed by atoms with Crippen molar-refractivity contribution in [3.05, 3.63) is 12.0 Å². The van der Waals surface area contributed by atoms with Crippen molar-refractivity contribution in [3.63, 3.8) is 0 Å². The third-order valence-electron chi connectivity index (χ3n) is 1.14. The van der Waals surface area contributed by atoms with Gasteiger partial charge in [0.15, 0.2) is 11.7 Å². The van der Waals surface area contributed by atoms with E-state index in [1.54, 1.807) is 0 Å². The van der Waals surface area contributed by atoms with Gasteiger partial charge in [0.1, 0.15) is 0 Å². The summed E-state index contributed by atoms with van der Waals surface area (Å²) in [6, 6.07) is 0. The molecular weight excluding hydrogens is 137 g/mol. The molecule has 0 saturated carbocycles. The van der Waals surface area contributed by atoms with Gasteiger partial charge < -0.3 is 4.74 Å². The first-order valence-electron chi connectivity index (χ1n) is 2.73. The molecule has 10 heavy (non-hydrogen) atoms. The van der Waals surface area contributed by atoms with E-state index in [4.69, 9.17) is 0 Å². The number of ether oxygens (including phenoxy) is 1. The van der Waals surface area contributed by atoms with Gasteiger partial charge in [0.2, 0.25) is 5.78 Å². The molecule has 1 aliphatic rings. The Hall–Kier alpha value is -1.19. The first kappa shape index (κ1) is 6.92. The fourth-order valence-electron chi connectivity index (χ4n) is 0.593. The van der Waals surface area contributed by atoms with E-state index < -0.39 is 11.6 Å². The van der Waals surface area contributed by atoms with Crippen LogP contribution in [0.1, 0.15) is 6.42 Å². The molecule has 1 aliphatic heterocycles. The summed E-state index contributed by atoms with van der Waals surface area (Å²) in [6.07, 6.45) is 0.795. The molecule has 0 aromatic rings. The van der Waals surface area contributed by atoms with Crippen molar-refractivity contribution in [3.8, 4) is 0 Å². The highest BCUT2D eigenvalue weighted by molar-refractivity contribution is 6.07. The number of carbonyl (C=O) groups is 1. The van der Waals surface area contributed by atoms with E-state index in [2.05, 4.69) is 9.73 Å². The Morgan fingerprint density at radius 2 is 2.50 bits per heavy atom. The Balaban J connectivity index is 2.78. The minimum absolute atomic E-state index is 0.0706. The average Bonchev–Trinajstić information content (AvgIpc) is 1.95. The average molecular weight is 143 g/mol. The number of halogens is 1. The van der Waals surface area contributed by atoms with Crippen LogP contribution in [-0.2, 0) is 9.53 Å². The summed E-state index contributed by atoms with van der Waals surface area (Å²) in [5, 5.41) is 0. The highest BCUT2D eigenvalue weighted by Crippen LogP contribution is 2.09. The van der Waals surface area contributed by atoms with Crippen LogP contribution in [-0.4, -0.2) is 18.8 Å². The molecule has 0 unspecified atom stereocenters. The molecule has 0 aromatic heterocycles. The fraction of sp³-hybridized carbons (Fsp3) is 0.333. The van der Waals surface area contributed by atoms with Gasteiger partial charge in [-0.15, -0.1) is 0 Å². The summed E-state index contributed by atoms with van der Waals surface area (Å²) < 4.78 is 16.9. The fourth-order valence-corrected chi connectivity index (χ4v) is 0.593. The predicted molar refractivity (Wildman–Crippen MR) is 33.3 cm³/mol. The quantitative estimate of drug-likeness (QED) is 0.503. The second kappa shape index (κ2) is 2.60. The standard InChI is InChI=1S/C6H6FNO2/c1-10-6-2-5(9)4(7)3-8-6/h3H,2H2,1H3. The lowest BCUT2D eigenvalue weighted by molar-refractivity contribution is -0.116. The van der Waals surface area contributed by atoms with Gasteiger partial charge in [0.25, 0.3) is 0 Å². The summed E-state index contributed by atoms with van der Waals surface area (Å²) in [5.41, 5.74) is 0. The van der Waals surface area contributed by atoms with Crippen molar-refractivity contribution < 1.29 is 13.9 Å². The predicted octanol–water partition coefficient (Wildman–Crippen LogP) is 0.815. The molecule has 1 rings (SSSR count). The Bertz CT molecular complexity index is 220. The van der Waals surface area contributed by atoms with E-state index in [1.165, 1.54) is 7.11 Å². The normalized spacial score (nSPS) is 18.0. The van der Waals surface area contributed by atoms with Crippen LogP contribution in [0.15, 0.2) is 17.0 Å². The number of carbonyl (C=O) groups excluding carboxylic acids is 1. The lowest BCUT2D eigenvalue weighted by Crippen LogP contribution is -2.13. The molecule has 0 aliphatic carbocycles. The zero-order chi connectivity index (χ0) is 7.56. The number of hydrogen-bond acceptors (Lipinski definition) is 3. The van der Waals surface area contributed by atoms with Gasteiger partial charge in [0.05, 0.1) is 19.7 Å². The summed E-state index contributed by atoms with van der Waals surface area (Å²) in [7, 11) is 1.39. The Morgan fingerprint density at radius 3 is 3.00 bits per heavy atom. The highest BCUT2D eigenvalue weighted by Gasteiger charge is 2.16. The van der Waals surface area contributed by atoms with Crippen molar-refractivity contribution in [2.45, 2.75) is 6.42 Å². The number of allylic oxidation sites excluding steroid dienone is 1. The minimum atomic E-state index is -0.805. The Morgan fingerprint density at radius 1 is 1.80 bits per heavy atom. The maximum absolute atomic E-state index is 12.2. The molecule has 4 heteroatoms. The summed E-state index contributed by atoms with van der Waals surface area (Å²) in [4.78, 5) is 14.1. The highest BCUT2D eigenvalue weighted by atomic mass is 19.1. The number of aliphatic imine (C=N–C) groups is 1. The van der Waals surface area contributed by atoms with Crippen molar-refractivity contribution in [1.82, 2.24) is 0 Å². The van der Waals surface area contributed by atoms with Crippen LogP contribution in [0.3, 0.4) is 0 Å². The molecule has 0 spiro atoms. The Kier molecular flexibility index (Phi) is 1.80. The maximum Gasteiger partial charge on any atom is 0.201 e. The van der Waals surface area contributed by atoms with Gasteiger partial charge in [-0.05, 0) is 0 Å². The molecule has 0 bridgehead atoms. The monoisotopic (exact) mass is 143 g/mol. The van der Waals surface area contributed by atoms with Crippen LogP contribution in [0.5, 0.6) is 0 Å². The molecule has 54 valence electrons. The van der Waals surface area contributed by atoms with Crippen molar-refractivity contribution >= 4 is 11.7 Å². The second-order valence-corrected chi connectivity index (χ2v) is 1.80. The molecule has 0 N–H and O–H groups in total. The molecule has 0 amide bonds. The SMILES string of the molecule is COC1=NC=C(F)C(=O)C1. The molecule has 0 saturated heterocycles. The van der Waals surface area contributed by atoms with Crippen molar-refractivity contribution in [2.75, 3.05) is 7.11 Å². The van der Waals surface area contributed by atoms with E-state index in [-0.39, 0.29) is 12.3 Å². The molecule has 0 fully saturated rings. The summed E-state index contributed by atoms with van der Waals surface area (Å²) in [5.74, 6) is -1.13. The summed E-state index contributed by atoms with van der Waals surface area (Å²) >= 11 is 0. The molecule has 1 heterocycles. The molecule has 0 aromatic carbocycles. The Labute approximate surface area is 57.2 Å². The molecule has 0 atom stereocenters. The first-order valence-corrected chi connectivity index (χ1v) is 2.73. The van der Waals surface area contributed by atoms with Gasteiger partial charge in [-0.25, -0.2) is 9.38 Å². The number of methoxy groups -OCH3 is 1. The second-order valence-electron chi connectivity index (χ2n) is 1.80. The van der Waals surface area contributed by atoms with Gasteiger partial charge >= 0.3 is 0 Å². The third-order valence-corrected chi connectivity index (χ3v) is 1.14. The van der Waals surface area contributed by atoms with E-state index in [9.17, 15) is 9.18 Å². The van der Waals surface area contributed by atoms with Gasteiger partial charge in [-0.3, -0.25) is 4.79 Å². The zero-order valence-electron chi connectivity index (χ0n) is 5.43. The molecule has 3 nitrogen and oxygen atoms in total. The lowest BCUT2D eigenvalue weighted by atomic mass is 10.2. The largest absolute Gasteiger partial charge is 0.484 e. The number of hydrogen-bond donors (Lipinski definition) is 0. The molecular formula is C6H6FNO2. The molecule has 0 radical (unpaired) electrons. The zero-order valence-corrected chi connectivity index (χ0v) is 5.43. The van der Waals surface area contributed by atoms with Crippen molar-refractivity contribution in [1.29, 1.82) is 0 Å². The number of nitrogens with zero attached hydrogens (tertiary/aromatic N) is 1. The van der Waals surface area contributed by atoms with Crippen LogP contribution in [0, 0.1) is 0 Å². The number of rotatable bonds is 0. The third kappa shape index (κ3) is 1.21. The minimum Gasteiger partial charge on any atom is -0.484 e. The van der Waals surface area contributed by atoms with Crippen LogP contribution in [0.25, 0.3) is 0 Å².